The number of aliphatic hydroxyl groups excluding tert-OH is 1. The van der Waals surface area contributed by atoms with Gasteiger partial charge in [-0.15, -0.1) is 11.8 Å². The van der Waals surface area contributed by atoms with Gasteiger partial charge in [0.1, 0.15) is 6.54 Å². The molecule has 102 valence electrons. The maximum absolute atomic E-state index is 11.3. The van der Waals surface area contributed by atoms with E-state index in [-0.39, 0.29) is 6.61 Å². The van der Waals surface area contributed by atoms with Gasteiger partial charge in [0.25, 0.3) is 0 Å². The number of carboxylic acid groups (broad SMARTS) is 1. The number of hydrogen-bond acceptors (Lipinski definition) is 6. The summed E-state index contributed by atoms with van der Waals surface area (Å²) >= 11 is 0.881. The average Bonchev–Trinajstić information content (AvgIpc) is 2.32. The summed E-state index contributed by atoms with van der Waals surface area (Å²) in [5.74, 6) is -3.12. The number of carbonyl (C=O) groups is 3. The Morgan fingerprint density at radius 3 is 2.50 bits per heavy atom. The number of hydrogen-bond donors (Lipinski definition) is 3. The Labute approximate surface area is 108 Å². The van der Waals surface area contributed by atoms with E-state index in [0.717, 1.165) is 17.2 Å². The molecule has 1 unspecified atom stereocenters. The lowest BCUT2D eigenvalue weighted by Gasteiger charge is -2.08. The molecule has 1 amide bonds. The fraction of sp³-hybridized carbons (Fsp3) is 0.500. The summed E-state index contributed by atoms with van der Waals surface area (Å²) in [5, 5.41) is 20.2. The van der Waals surface area contributed by atoms with E-state index in [4.69, 9.17) is 5.11 Å². The van der Waals surface area contributed by atoms with E-state index in [1.54, 1.807) is 6.92 Å². The van der Waals surface area contributed by atoms with Gasteiger partial charge in [0, 0.05) is 5.41 Å². The van der Waals surface area contributed by atoms with Crippen LogP contribution in [-0.2, 0) is 19.1 Å². The molecule has 0 saturated heterocycles. The Morgan fingerprint density at radius 2 is 2.00 bits per heavy atom. The molecule has 0 aromatic carbocycles. The number of esters is 1. The summed E-state index contributed by atoms with van der Waals surface area (Å²) in [6, 6.07) is 0. The minimum atomic E-state index is -1.15. The van der Waals surface area contributed by atoms with Crippen LogP contribution in [0.15, 0.2) is 11.2 Å². The molecule has 0 aromatic rings. The van der Waals surface area contributed by atoms with Gasteiger partial charge < -0.3 is 20.3 Å². The van der Waals surface area contributed by atoms with Gasteiger partial charge in [0.2, 0.25) is 11.7 Å². The number of carboxylic acids is 1. The van der Waals surface area contributed by atoms with Gasteiger partial charge in [-0.3, -0.25) is 9.59 Å². The zero-order chi connectivity index (χ0) is 14.1. The lowest BCUT2D eigenvalue weighted by Crippen LogP contribution is -2.34. The van der Waals surface area contributed by atoms with Gasteiger partial charge >= 0.3 is 11.9 Å². The van der Waals surface area contributed by atoms with Gasteiger partial charge in [-0.1, -0.05) is 0 Å². The second kappa shape index (κ2) is 8.40. The van der Waals surface area contributed by atoms with Crippen LogP contribution in [0.5, 0.6) is 0 Å². The first kappa shape index (κ1) is 16.3. The Morgan fingerprint density at radius 1 is 1.39 bits per heavy atom. The van der Waals surface area contributed by atoms with Gasteiger partial charge in [-0.2, -0.15) is 0 Å². The lowest BCUT2D eigenvalue weighted by molar-refractivity contribution is -0.141. The fourth-order valence-electron chi connectivity index (χ4n) is 0.788. The van der Waals surface area contributed by atoms with Crippen molar-refractivity contribution in [2.24, 2.45) is 0 Å². The molecule has 0 aliphatic rings. The number of aliphatic carboxylic acids is 1. The van der Waals surface area contributed by atoms with Gasteiger partial charge in [-0.25, -0.2) is 4.79 Å². The van der Waals surface area contributed by atoms with Gasteiger partial charge in [-0.05, 0) is 13.8 Å². The largest absolute Gasteiger partial charge is 0.501 e. The quantitative estimate of drug-likeness (QED) is 0.348. The van der Waals surface area contributed by atoms with Gasteiger partial charge in [0.05, 0.1) is 11.9 Å². The third kappa shape index (κ3) is 6.79. The molecular formula is C10H15NO6S. The Balaban J connectivity index is 4.18. The van der Waals surface area contributed by atoms with Crippen molar-refractivity contribution in [3.05, 3.63) is 11.2 Å². The maximum atomic E-state index is 11.3. The highest BCUT2D eigenvalue weighted by Gasteiger charge is 2.15. The first-order chi connectivity index (χ1) is 8.38. The second-order valence-corrected chi connectivity index (χ2v) is 4.33. The monoisotopic (exact) mass is 277 g/mol. The number of ether oxygens (including phenoxy) is 1. The number of aliphatic hydroxyl groups is 1. The van der Waals surface area contributed by atoms with Crippen molar-refractivity contribution < 1.29 is 29.3 Å². The summed E-state index contributed by atoms with van der Waals surface area (Å²) in [6.45, 7) is 2.77. The van der Waals surface area contributed by atoms with Crippen LogP contribution in [0.4, 0.5) is 0 Å². The number of amides is 1. The minimum Gasteiger partial charge on any atom is -0.501 e. The highest BCUT2D eigenvalue weighted by molar-refractivity contribution is 8.03. The van der Waals surface area contributed by atoms with Crippen LogP contribution >= 0.6 is 11.8 Å². The standard InChI is InChI=1S/C10H15NO6S/c1-3-17-10(16)7(12)5-18-6(2)9(15)11-4-8(13)14/h5-6,12H,3-4H2,1-2H3,(H,11,15)(H,13,14). The summed E-state index contributed by atoms with van der Waals surface area (Å²) in [5.41, 5.74) is 0. The number of nitrogens with one attached hydrogen (secondary N) is 1. The summed E-state index contributed by atoms with van der Waals surface area (Å²) < 4.78 is 4.53. The molecule has 0 aliphatic carbocycles. The highest BCUT2D eigenvalue weighted by atomic mass is 32.2. The molecule has 0 heterocycles. The van der Waals surface area contributed by atoms with Crippen LogP contribution in [0.3, 0.4) is 0 Å². The average molecular weight is 277 g/mol. The normalized spacial score (nSPS) is 12.7. The Bertz CT molecular complexity index is 354. The van der Waals surface area contributed by atoms with E-state index >= 15 is 0 Å². The molecule has 18 heavy (non-hydrogen) atoms. The van der Waals surface area contributed by atoms with E-state index in [0.29, 0.717) is 0 Å². The Kier molecular flexibility index (Phi) is 7.61. The van der Waals surface area contributed by atoms with Gasteiger partial charge in [0.15, 0.2) is 0 Å². The van der Waals surface area contributed by atoms with Crippen LogP contribution < -0.4 is 5.32 Å². The molecular weight excluding hydrogens is 262 g/mol. The SMILES string of the molecule is CCOC(=O)C(O)=CSC(C)C(=O)NCC(=O)O. The summed E-state index contributed by atoms with van der Waals surface area (Å²) in [6.07, 6.45) is 0. The van der Waals surface area contributed by atoms with E-state index in [1.165, 1.54) is 6.92 Å². The molecule has 0 rings (SSSR count). The van der Waals surface area contributed by atoms with Crippen molar-refractivity contribution >= 4 is 29.6 Å². The number of rotatable bonds is 7. The minimum absolute atomic E-state index is 0.135. The molecule has 0 spiro atoms. The summed E-state index contributed by atoms with van der Waals surface area (Å²) in [7, 11) is 0. The fourth-order valence-corrected chi connectivity index (χ4v) is 1.42. The maximum Gasteiger partial charge on any atom is 0.373 e. The van der Waals surface area contributed by atoms with Crippen LogP contribution in [-0.4, -0.2) is 46.5 Å². The molecule has 8 heteroatoms. The lowest BCUT2D eigenvalue weighted by atomic mass is 10.4. The molecule has 0 bridgehead atoms. The topological polar surface area (TPSA) is 113 Å². The van der Waals surface area contributed by atoms with Crippen LogP contribution in [0.25, 0.3) is 0 Å². The predicted molar refractivity (Wildman–Crippen MR) is 65.0 cm³/mol. The molecule has 0 radical (unpaired) electrons. The van der Waals surface area contributed by atoms with Crippen LogP contribution in [0.2, 0.25) is 0 Å². The Hall–Kier alpha value is -1.70. The molecule has 0 aliphatic heterocycles. The van der Waals surface area contributed by atoms with Crippen LogP contribution in [0.1, 0.15) is 13.8 Å². The first-order valence-corrected chi connectivity index (χ1v) is 6.04. The van der Waals surface area contributed by atoms with E-state index in [2.05, 4.69) is 10.1 Å². The third-order valence-electron chi connectivity index (χ3n) is 1.65. The van der Waals surface area contributed by atoms with Crippen molar-refractivity contribution in [1.29, 1.82) is 0 Å². The van der Waals surface area contributed by atoms with Crippen molar-refractivity contribution in [1.82, 2.24) is 5.32 Å². The van der Waals surface area contributed by atoms with Crippen molar-refractivity contribution in [3.8, 4) is 0 Å². The van der Waals surface area contributed by atoms with E-state index in [9.17, 15) is 19.5 Å². The highest BCUT2D eigenvalue weighted by Crippen LogP contribution is 2.14. The summed E-state index contributed by atoms with van der Waals surface area (Å²) in [4.78, 5) is 32.6. The van der Waals surface area contributed by atoms with Crippen molar-refractivity contribution in [2.75, 3.05) is 13.2 Å². The third-order valence-corrected chi connectivity index (χ3v) is 2.63. The number of thioether (sulfide) groups is 1. The van der Waals surface area contributed by atoms with E-state index in [1.807, 2.05) is 0 Å². The van der Waals surface area contributed by atoms with Crippen molar-refractivity contribution in [3.63, 3.8) is 0 Å². The van der Waals surface area contributed by atoms with E-state index < -0.39 is 35.4 Å². The number of carbonyl (C=O) groups excluding carboxylic acids is 2. The second-order valence-electron chi connectivity index (χ2n) is 3.11. The zero-order valence-corrected chi connectivity index (χ0v) is 10.8. The first-order valence-electron chi connectivity index (χ1n) is 5.09. The molecule has 0 saturated carbocycles. The van der Waals surface area contributed by atoms with Crippen LogP contribution in [0, 0.1) is 0 Å². The van der Waals surface area contributed by atoms with Crippen molar-refractivity contribution in [2.45, 2.75) is 19.1 Å². The molecule has 0 aromatic heterocycles. The molecule has 0 fully saturated rings. The molecule has 7 nitrogen and oxygen atoms in total. The smallest absolute Gasteiger partial charge is 0.373 e. The molecule has 1 atom stereocenters. The molecule has 3 N–H and O–H groups in total. The zero-order valence-electron chi connectivity index (χ0n) is 10.0. The predicted octanol–water partition coefficient (Wildman–Crippen LogP) is 0.271.